The summed E-state index contributed by atoms with van der Waals surface area (Å²) in [5.74, 6) is 0.0205. The molecule has 1 aromatic rings. The Morgan fingerprint density at radius 1 is 1.33 bits per heavy atom. The van der Waals surface area contributed by atoms with Crippen LogP contribution in [-0.4, -0.2) is 29.0 Å². The normalized spacial score (nSPS) is 15.6. The van der Waals surface area contributed by atoms with Crippen LogP contribution in [0.5, 0.6) is 5.75 Å². The zero-order valence-electron chi connectivity index (χ0n) is 8.44. The van der Waals surface area contributed by atoms with Gasteiger partial charge in [0.15, 0.2) is 0 Å². The van der Waals surface area contributed by atoms with Crippen LogP contribution >= 0.6 is 0 Å². The quantitative estimate of drug-likeness (QED) is 0.536. The van der Waals surface area contributed by atoms with Gasteiger partial charge in [0.2, 0.25) is 0 Å². The molecule has 1 amide bonds. The summed E-state index contributed by atoms with van der Waals surface area (Å²) in [7, 11) is 0. The van der Waals surface area contributed by atoms with Gasteiger partial charge in [-0.15, -0.1) is 0 Å². The molecule has 80 valence electrons. The van der Waals surface area contributed by atoms with Gasteiger partial charge in [-0.25, -0.2) is 0 Å². The van der Waals surface area contributed by atoms with Crippen molar-refractivity contribution in [2.75, 3.05) is 18.8 Å². The third kappa shape index (κ3) is 1.88. The van der Waals surface area contributed by atoms with Crippen LogP contribution < -0.4 is 5.73 Å². The van der Waals surface area contributed by atoms with Gasteiger partial charge >= 0.3 is 0 Å². The average Bonchev–Trinajstić information content (AvgIpc) is 2.74. The number of aromatic hydroxyl groups is 1. The molecule has 2 rings (SSSR count). The number of likely N-dealkylation sites (tertiary alicyclic amines) is 1. The molecule has 4 nitrogen and oxygen atoms in total. The molecule has 0 unspecified atom stereocenters. The fourth-order valence-electron chi connectivity index (χ4n) is 1.79. The maximum atomic E-state index is 11.9. The van der Waals surface area contributed by atoms with Gasteiger partial charge in [-0.1, -0.05) is 0 Å². The summed E-state index contributed by atoms with van der Waals surface area (Å²) in [5.41, 5.74) is 6.33. The predicted molar refractivity (Wildman–Crippen MR) is 57.7 cm³/mol. The van der Waals surface area contributed by atoms with Crippen LogP contribution in [0.3, 0.4) is 0 Å². The second-order valence-electron chi connectivity index (χ2n) is 3.77. The summed E-state index contributed by atoms with van der Waals surface area (Å²) >= 11 is 0. The van der Waals surface area contributed by atoms with Crippen LogP contribution in [-0.2, 0) is 0 Å². The maximum absolute atomic E-state index is 11.9. The molecule has 0 aromatic heterocycles. The third-order valence-electron chi connectivity index (χ3n) is 2.67. The van der Waals surface area contributed by atoms with Gasteiger partial charge in [0.1, 0.15) is 5.75 Å². The van der Waals surface area contributed by atoms with E-state index in [1.807, 2.05) is 4.90 Å². The maximum Gasteiger partial charge on any atom is 0.253 e. The molecule has 0 radical (unpaired) electrons. The summed E-state index contributed by atoms with van der Waals surface area (Å²) in [6.07, 6.45) is 2.14. The fourth-order valence-corrected chi connectivity index (χ4v) is 1.79. The van der Waals surface area contributed by atoms with Crippen LogP contribution in [0.2, 0.25) is 0 Å². The summed E-state index contributed by atoms with van der Waals surface area (Å²) < 4.78 is 0. The number of phenolic OH excluding ortho intramolecular Hbond substituents is 1. The summed E-state index contributed by atoms with van der Waals surface area (Å²) in [4.78, 5) is 13.7. The molecule has 4 heteroatoms. The van der Waals surface area contributed by atoms with Gasteiger partial charge < -0.3 is 15.7 Å². The lowest BCUT2D eigenvalue weighted by Gasteiger charge is -2.15. The number of carbonyl (C=O) groups is 1. The third-order valence-corrected chi connectivity index (χ3v) is 2.67. The first-order valence-corrected chi connectivity index (χ1v) is 5.06. The van der Waals surface area contributed by atoms with Crippen molar-refractivity contribution in [3.63, 3.8) is 0 Å². The van der Waals surface area contributed by atoms with E-state index in [-0.39, 0.29) is 17.3 Å². The SMILES string of the molecule is Nc1cc(C(=O)N2CCCC2)ccc1O. The Morgan fingerprint density at radius 3 is 2.60 bits per heavy atom. The highest BCUT2D eigenvalue weighted by atomic mass is 16.3. The number of phenols is 1. The molecule has 1 aliphatic heterocycles. The lowest BCUT2D eigenvalue weighted by Crippen LogP contribution is -2.27. The molecule has 15 heavy (non-hydrogen) atoms. The van der Waals surface area contributed by atoms with E-state index in [1.54, 1.807) is 6.07 Å². The Balaban J connectivity index is 2.21. The van der Waals surface area contributed by atoms with Crippen molar-refractivity contribution in [1.29, 1.82) is 0 Å². The second kappa shape index (κ2) is 3.81. The Kier molecular flexibility index (Phi) is 2.49. The number of nitrogens with zero attached hydrogens (tertiary/aromatic N) is 1. The number of nitrogens with two attached hydrogens (primary N) is 1. The van der Waals surface area contributed by atoms with Gasteiger partial charge in [0.05, 0.1) is 5.69 Å². The summed E-state index contributed by atoms with van der Waals surface area (Å²) in [6, 6.07) is 4.58. The van der Waals surface area contributed by atoms with Gasteiger partial charge in [0, 0.05) is 18.7 Å². The predicted octanol–water partition coefficient (Wildman–Crippen LogP) is 1.21. The fraction of sp³-hybridized carbons (Fsp3) is 0.364. The van der Waals surface area contributed by atoms with Crippen LogP contribution in [0.4, 0.5) is 5.69 Å². The molecule has 3 N–H and O–H groups in total. The Bertz CT molecular complexity index is 384. The Labute approximate surface area is 88.3 Å². The van der Waals surface area contributed by atoms with Crippen molar-refractivity contribution in [3.05, 3.63) is 23.8 Å². The molecule has 0 bridgehead atoms. The molecule has 0 atom stereocenters. The monoisotopic (exact) mass is 206 g/mol. The minimum absolute atomic E-state index is 0.000741. The Hall–Kier alpha value is -1.71. The smallest absolute Gasteiger partial charge is 0.253 e. The van der Waals surface area contributed by atoms with E-state index in [0.717, 1.165) is 25.9 Å². The van der Waals surface area contributed by atoms with Crippen LogP contribution in [0.25, 0.3) is 0 Å². The van der Waals surface area contributed by atoms with Crippen molar-refractivity contribution < 1.29 is 9.90 Å². The van der Waals surface area contributed by atoms with Crippen molar-refractivity contribution in [3.8, 4) is 5.75 Å². The molecule has 0 aliphatic carbocycles. The standard InChI is InChI=1S/C11H14N2O2/c12-9-7-8(3-4-10(9)14)11(15)13-5-1-2-6-13/h3-4,7,14H,1-2,5-6,12H2. The molecular weight excluding hydrogens is 192 g/mol. The number of amides is 1. The molecule has 1 heterocycles. The number of nitrogen functional groups attached to an aromatic ring is 1. The zero-order valence-corrected chi connectivity index (χ0v) is 8.44. The van der Waals surface area contributed by atoms with Crippen LogP contribution in [0.1, 0.15) is 23.2 Å². The molecule has 1 aromatic carbocycles. The molecule has 0 saturated carbocycles. The van der Waals surface area contributed by atoms with E-state index in [1.165, 1.54) is 12.1 Å². The lowest BCUT2D eigenvalue weighted by atomic mass is 10.1. The first-order valence-electron chi connectivity index (χ1n) is 5.06. The van der Waals surface area contributed by atoms with Crippen LogP contribution in [0, 0.1) is 0 Å². The van der Waals surface area contributed by atoms with Crippen molar-refractivity contribution >= 4 is 11.6 Å². The van der Waals surface area contributed by atoms with Gasteiger partial charge in [-0.2, -0.15) is 0 Å². The van der Waals surface area contributed by atoms with E-state index in [4.69, 9.17) is 5.73 Å². The average molecular weight is 206 g/mol. The van der Waals surface area contributed by atoms with Crippen molar-refractivity contribution in [2.24, 2.45) is 0 Å². The highest BCUT2D eigenvalue weighted by Gasteiger charge is 2.19. The number of rotatable bonds is 1. The minimum atomic E-state index is -0.000741. The zero-order chi connectivity index (χ0) is 10.8. The van der Waals surface area contributed by atoms with Gasteiger partial charge in [-0.3, -0.25) is 4.79 Å². The second-order valence-corrected chi connectivity index (χ2v) is 3.77. The number of carbonyl (C=O) groups excluding carboxylic acids is 1. The van der Waals surface area contributed by atoms with E-state index in [9.17, 15) is 9.90 Å². The molecule has 0 spiro atoms. The number of hydrogen-bond donors (Lipinski definition) is 2. The van der Waals surface area contributed by atoms with E-state index in [0.29, 0.717) is 5.56 Å². The van der Waals surface area contributed by atoms with Crippen molar-refractivity contribution in [1.82, 2.24) is 4.90 Å². The lowest BCUT2D eigenvalue weighted by molar-refractivity contribution is 0.0793. The number of anilines is 1. The van der Waals surface area contributed by atoms with Crippen LogP contribution in [0.15, 0.2) is 18.2 Å². The van der Waals surface area contributed by atoms with E-state index >= 15 is 0 Å². The largest absolute Gasteiger partial charge is 0.506 e. The minimum Gasteiger partial charge on any atom is -0.506 e. The highest BCUT2D eigenvalue weighted by Crippen LogP contribution is 2.22. The summed E-state index contributed by atoms with van der Waals surface area (Å²) in [6.45, 7) is 1.64. The molecule has 1 aliphatic rings. The van der Waals surface area contributed by atoms with Crippen molar-refractivity contribution in [2.45, 2.75) is 12.8 Å². The topological polar surface area (TPSA) is 66.6 Å². The van der Waals surface area contributed by atoms with Gasteiger partial charge in [0.25, 0.3) is 5.91 Å². The van der Waals surface area contributed by atoms with E-state index < -0.39 is 0 Å². The molecule has 1 fully saturated rings. The number of hydrogen-bond acceptors (Lipinski definition) is 3. The van der Waals surface area contributed by atoms with Gasteiger partial charge in [-0.05, 0) is 31.0 Å². The highest BCUT2D eigenvalue weighted by molar-refractivity contribution is 5.95. The first-order chi connectivity index (χ1) is 7.18. The van der Waals surface area contributed by atoms with E-state index in [2.05, 4.69) is 0 Å². The molecular formula is C11H14N2O2. The number of benzene rings is 1. The molecule has 1 saturated heterocycles. The first kappa shape index (κ1) is 9.83. The summed E-state index contributed by atoms with van der Waals surface area (Å²) in [5, 5.41) is 9.24. The Morgan fingerprint density at radius 2 is 2.00 bits per heavy atom.